The first-order chi connectivity index (χ1) is 13.2. The van der Waals surface area contributed by atoms with Gasteiger partial charge in [0.25, 0.3) is 11.4 Å². The van der Waals surface area contributed by atoms with E-state index in [1.807, 2.05) is 0 Å². The Labute approximate surface area is 164 Å². The summed E-state index contributed by atoms with van der Waals surface area (Å²) in [6, 6.07) is 0.523. The van der Waals surface area contributed by atoms with Crippen LogP contribution in [0, 0.1) is 20.2 Å². The van der Waals surface area contributed by atoms with Gasteiger partial charge in [-0.05, 0) is 33.6 Å². The maximum absolute atomic E-state index is 12.9. The average molecular weight is 421 g/mol. The van der Waals surface area contributed by atoms with Crippen LogP contribution >= 0.6 is 0 Å². The van der Waals surface area contributed by atoms with Gasteiger partial charge in [-0.1, -0.05) is 6.42 Å². The summed E-state index contributed by atoms with van der Waals surface area (Å²) in [4.78, 5) is 31.6. The molecule has 9 nitrogen and oxygen atoms in total. The van der Waals surface area contributed by atoms with Crippen molar-refractivity contribution in [3.63, 3.8) is 0 Å². The zero-order valence-electron chi connectivity index (χ0n) is 16.2. The van der Waals surface area contributed by atoms with Gasteiger partial charge in [-0.15, -0.1) is 0 Å². The number of esters is 1. The molecule has 0 heterocycles. The van der Waals surface area contributed by atoms with Gasteiger partial charge in [0, 0.05) is 25.1 Å². The van der Waals surface area contributed by atoms with Gasteiger partial charge < -0.3 is 10.1 Å². The number of alkyl halides is 3. The smallest absolute Gasteiger partial charge is 0.416 e. The van der Waals surface area contributed by atoms with Gasteiger partial charge in [0.15, 0.2) is 5.69 Å². The molecule has 0 unspecified atom stereocenters. The van der Waals surface area contributed by atoms with Crippen molar-refractivity contribution in [2.45, 2.75) is 58.2 Å². The lowest BCUT2D eigenvalue weighted by Crippen LogP contribution is -2.23. The molecule has 0 aliphatic rings. The molecule has 0 amide bonds. The minimum atomic E-state index is -4.96. The minimum Gasteiger partial charge on any atom is -0.460 e. The Kier molecular flexibility index (Phi) is 7.92. The van der Waals surface area contributed by atoms with E-state index < -0.39 is 44.2 Å². The summed E-state index contributed by atoms with van der Waals surface area (Å²) in [5.41, 5.74) is -4.71. The lowest BCUT2D eigenvalue weighted by atomic mass is 10.1. The Bertz CT molecular complexity index is 740. The fourth-order valence-electron chi connectivity index (χ4n) is 2.42. The Balaban J connectivity index is 2.77. The number of hydrogen-bond acceptors (Lipinski definition) is 7. The van der Waals surface area contributed by atoms with Gasteiger partial charge in [-0.2, -0.15) is 13.2 Å². The monoisotopic (exact) mass is 421 g/mol. The molecular formula is C17H22F3N3O6. The number of ether oxygens (including phenoxy) is 1. The van der Waals surface area contributed by atoms with Crippen molar-refractivity contribution < 1.29 is 32.5 Å². The van der Waals surface area contributed by atoms with E-state index in [0.717, 1.165) is 0 Å². The second-order valence-electron chi connectivity index (χ2n) is 7.23. The van der Waals surface area contributed by atoms with Gasteiger partial charge in [0.2, 0.25) is 0 Å². The van der Waals surface area contributed by atoms with Crippen molar-refractivity contribution >= 4 is 23.0 Å². The van der Waals surface area contributed by atoms with Crippen molar-refractivity contribution in [2.24, 2.45) is 0 Å². The molecule has 1 N–H and O–H groups in total. The Morgan fingerprint density at radius 2 is 1.55 bits per heavy atom. The van der Waals surface area contributed by atoms with Gasteiger partial charge >= 0.3 is 12.1 Å². The van der Waals surface area contributed by atoms with E-state index in [1.165, 1.54) is 0 Å². The fraction of sp³-hybridized carbons (Fsp3) is 0.588. The van der Waals surface area contributed by atoms with Crippen LogP contribution < -0.4 is 5.32 Å². The van der Waals surface area contributed by atoms with Crippen molar-refractivity contribution in [1.82, 2.24) is 0 Å². The largest absolute Gasteiger partial charge is 0.460 e. The molecule has 0 atom stereocenters. The van der Waals surface area contributed by atoms with Crippen molar-refractivity contribution in [3.05, 3.63) is 37.9 Å². The first-order valence-electron chi connectivity index (χ1n) is 8.72. The molecule has 0 fully saturated rings. The number of nitro groups is 2. The van der Waals surface area contributed by atoms with Crippen molar-refractivity contribution in [1.29, 1.82) is 0 Å². The van der Waals surface area contributed by atoms with Crippen molar-refractivity contribution in [3.8, 4) is 0 Å². The van der Waals surface area contributed by atoms with Crippen LogP contribution in [0.1, 0.15) is 52.0 Å². The normalized spacial score (nSPS) is 11.8. The number of nitrogens with zero attached hydrogens (tertiary/aromatic N) is 2. The maximum Gasteiger partial charge on any atom is 0.416 e. The number of nitro benzene ring substituents is 2. The molecule has 0 radical (unpaired) electrons. The number of nitrogens with one attached hydrogen (secondary N) is 1. The van der Waals surface area contributed by atoms with Crippen molar-refractivity contribution in [2.75, 3.05) is 11.9 Å². The highest BCUT2D eigenvalue weighted by atomic mass is 19.4. The topological polar surface area (TPSA) is 125 Å². The summed E-state index contributed by atoms with van der Waals surface area (Å²) in [5.74, 6) is -0.375. The molecule has 0 aromatic heterocycles. The summed E-state index contributed by atoms with van der Waals surface area (Å²) in [6.45, 7) is 5.25. The van der Waals surface area contributed by atoms with E-state index in [2.05, 4.69) is 5.32 Å². The van der Waals surface area contributed by atoms with Crippen LogP contribution in [0.4, 0.5) is 30.2 Å². The highest BCUT2D eigenvalue weighted by Gasteiger charge is 2.37. The van der Waals surface area contributed by atoms with Crippen LogP contribution in [-0.4, -0.2) is 28.0 Å². The van der Waals surface area contributed by atoms with Crippen LogP contribution in [0.15, 0.2) is 12.1 Å². The van der Waals surface area contributed by atoms with E-state index in [9.17, 15) is 38.2 Å². The van der Waals surface area contributed by atoms with E-state index in [1.54, 1.807) is 20.8 Å². The SMILES string of the molecule is CC(C)(C)OC(=O)CCCCCNc1c([N+](=O)[O-])cc(C(F)(F)F)cc1[N+](=O)[O-]. The summed E-state index contributed by atoms with van der Waals surface area (Å²) in [5, 5.41) is 24.7. The number of unbranched alkanes of at least 4 members (excludes halogenated alkanes) is 2. The number of rotatable bonds is 9. The van der Waals surface area contributed by atoms with E-state index in [4.69, 9.17) is 4.74 Å². The standard InChI is InChI=1S/C17H22F3N3O6/c1-16(2,3)29-14(24)7-5-4-6-8-21-15-12(22(25)26)9-11(17(18,19)20)10-13(15)23(27)28/h9-10,21H,4-8H2,1-3H3. The molecule has 0 spiro atoms. The number of carbonyl (C=O) groups is 1. The predicted molar refractivity (Wildman–Crippen MR) is 97.6 cm³/mol. The second-order valence-corrected chi connectivity index (χ2v) is 7.23. The first kappa shape index (κ1) is 24.1. The predicted octanol–water partition coefficient (Wildman–Crippen LogP) is 4.84. The number of anilines is 1. The number of carbonyl (C=O) groups excluding carboxylic acids is 1. The molecule has 0 saturated heterocycles. The van der Waals surface area contributed by atoms with Crippen LogP contribution in [-0.2, 0) is 15.7 Å². The average Bonchev–Trinajstić information content (AvgIpc) is 2.54. The Morgan fingerprint density at radius 1 is 1.03 bits per heavy atom. The third-order valence-electron chi connectivity index (χ3n) is 3.60. The molecular weight excluding hydrogens is 399 g/mol. The van der Waals surface area contributed by atoms with Crippen LogP contribution in [0.25, 0.3) is 0 Å². The maximum atomic E-state index is 12.9. The van der Waals surface area contributed by atoms with Gasteiger partial charge in [0.1, 0.15) is 5.60 Å². The second kappa shape index (κ2) is 9.52. The molecule has 0 aliphatic carbocycles. The fourth-order valence-corrected chi connectivity index (χ4v) is 2.42. The van der Waals surface area contributed by atoms with Gasteiger partial charge in [-0.3, -0.25) is 25.0 Å². The Hall–Kier alpha value is -2.92. The van der Waals surface area contributed by atoms with E-state index in [-0.39, 0.29) is 31.1 Å². The summed E-state index contributed by atoms with van der Waals surface area (Å²) >= 11 is 0. The van der Waals surface area contributed by atoms with E-state index in [0.29, 0.717) is 19.3 Å². The molecule has 0 aliphatic heterocycles. The molecule has 162 valence electrons. The van der Waals surface area contributed by atoms with Crippen LogP contribution in [0.2, 0.25) is 0 Å². The molecule has 29 heavy (non-hydrogen) atoms. The third-order valence-corrected chi connectivity index (χ3v) is 3.60. The molecule has 0 saturated carbocycles. The van der Waals surface area contributed by atoms with Gasteiger partial charge in [-0.25, -0.2) is 0 Å². The summed E-state index contributed by atoms with van der Waals surface area (Å²) in [6.07, 6.45) is -3.44. The zero-order valence-corrected chi connectivity index (χ0v) is 16.2. The highest BCUT2D eigenvalue weighted by molar-refractivity contribution is 5.75. The summed E-state index contributed by atoms with van der Waals surface area (Å²) in [7, 11) is 0. The number of halogens is 3. The van der Waals surface area contributed by atoms with Crippen LogP contribution in [0.5, 0.6) is 0 Å². The molecule has 1 aromatic carbocycles. The summed E-state index contributed by atoms with van der Waals surface area (Å²) < 4.78 is 43.7. The molecule has 12 heteroatoms. The molecule has 0 bridgehead atoms. The number of hydrogen-bond donors (Lipinski definition) is 1. The first-order valence-corrected chi connectivity index (χ1v) is 8.72. The molecule has 1 aromatic rings. The van der Waals surface area contributed by atoms with E-state index >= 15 is 0 Å². The molecule has 1 rings (SSSR count). The lowest BCUT2D eigenvalue weighted by molar-refractivity contribution is -0.392. The number of benzene rings is 1. The highest BCUT2D eigenvalue weighted by Crippen LogP contribution is 2.41. The van der Waals surface area contributed by atoms with Crippen LogP contribution in [0.3, 0.4) is 0 Å². The minimum absolute atomic E-state index is 0.0430. The zero-order chi connectivity index (χ0) is 22.4. The third kappa shape index (κ3) is 7.92. The lowest BCUT2D eigenvalue weighted by Gasteiger charge is -2.19. The quantitative estimate of drug-likeness (QED) is 0.262. The van der Waals surface area contributed by atoms with Gasteiger partial charge in [0.05, 0.1) is 15.4 Å². The Morgan fingerprint density at radius 3 is 1.97 bits per heavy atom.